The largest absolute Gasteiger partial charge is 0.433 e. The third kappa shape index (κ3) is 4.59. The number of nitrogens with zero attached hydrogens (tertiary/aromatic N) is 5. The Kier molecular flexibility index (Phi) is 5.41. The summed E-state index contributed by atoms with van der Waals surface area (Å²) in [5.41, 5.74) is -0.930. The number of anilines is 1. The van der Waals surface area contributed by atoms with Crippen molar-refractivity contribution in [3.05, 3.63) is 18.1 Å². The Balaban J connectivity index is 1.52. The SMILES string of the molecule is O=C(CN1CCN(c2cc(C(F)(F)F)ncn2)CC1)N1CCCCC1. The lowest BCUT2D eigenvalue weighted by molar-refractivity contribution is -0.141. The van der Waals surface area contributed by atoms with E-state index in [0.717, 1.165) is 38.3 Å². The molecule has 9 heteroatoms. The van der Waals surface area contributed by atoms with Gasteiger partial charge in [-0.25, -0.2) is 9.97 Å². The highest BCUT2D eigenvalue weighted by Gasteiger charge is 2.33. The van der Waals surface area contributed by atoms with Crippen LogP contribution in [-0.4, -0.2) is 71.5 Å². The molecular weight excluding hydrogens is 335 g/mol. The molecule has 0 aromatic carbocycles. The van der Waals surface area contributed by atoms with Crippen LogP contribution >= 0.6 is 0 Å². The summed E-state index contributed by atoms with van der Waals surface area (Å²) in [7, 11) is 0. The molecule has 0 unspecified atom stereocenters. The average Bonchev–Trinajstić information content (AvgIpc) is 2.62. The number of hydrogen-bond acceptors (Lipinski definition) is 5. The molecule has 0 radical (unpaired) electrons. The van der Waals surface area contributed by atoms with Crippen LogP contribution in [-0.2, 0) is 11.0 Å². The summed E-state index contributed by atoms with van der Waals surface area (Å²) in [6.07, 6.45) is -0.213. The quantitative estimate of drug-likeness (QED) is 0.823. The summed E-state index contributed by atoms with van der Waals surface area (Å²) in [4.78, 5) is 25.3. The van der Waals surface area contributed by atoms with Crippen LogP contribution in [0.3, 0.4) is 0 Å². The van der Waals surface area contributed by atoms with Crippen molar-refractivity contribution in [1.29, 1.82) is 0 Å². The van der Waals surface area contributed by atoms with Gasteiger partial charge in [0, 0.05) is 45.3 Å². The minimum Gasteiger partial charge on any atom is -0.354 e. The van der Waals surface area contributed by atoms with Crippen LogP contribution in [0.5, 0.6) is 0 Å². The molecule has 138 valence electrons. The Labute approximate surface area is 144 Å². The summed E-state index contributed by atoms with van der Waals surface area (Å²) in [6, 6.07) is 0.981. The highest BCUT2D eigenvalue weighted by Crippen LogP contribution is 2.29. The number of aromatic nitrogens is 2. The Morgan fingerprint density at radius 3 is 2.32 bits per heavy atom. The van der Waals surface area contributed by atoms with Gasteiger partial charge in [0.15, 0.2) is 0 Å². The summed E-state index contributed by atoms with van der Waals surface area (Å²) < 4.78 is 38.3. The van der Waals surface area contributed by atoms with Gasteiger partial charge in [0.25, 0.3) is 0 Å². The summed E-state index contributed by atoms with van der Waals surface area (Å²) in [5.74, 6) is 0.430. The number of halogens is 3. The molecule has 0 atom stereocenters. The zero-order chi connectivity index (χ0) is 17.9. The fraction of sp³-hybridized carbons (Fsp3) is 0.688. The number of carbonyl (C=O) groups is 1. The molecule has 6 nitrogen and oxygen atoms in total. The zero-order valence-electron chi connectivity index (χ0n) is 14.0. The standard InChI is InChI=1S/C16H22F3N5O/c17-16(18,19)13-10-14(21-12-20-13)23-8-6-22(7-9-23)11-15(25)24-4-2-1-3-5-24/h10,12H,1-9,11H2. The van der Waals surface area contributed by atoms with E-state index in [1.54, 1.807) is 4.90 Å². The highest BCUT2D eigenvalue weighted by atomic mass is 19.4. The summed E-state index contributed by atoms with van der Waals surface area (Å²) in [6.45, 7) is 4.39. The second-order valence-electron chi connectivity index (χ2n) is 6.46. The molecule has 0 spiro atoms. The van der Waals surface area contributed by atoms with Crippen molar-refractivity contribution in [1.82, 2.24) is 19.8 Å². The smallest absolute Gasteiger partial charge is 0.354 e. The maximum Gasteiger partial charge on any atom is 0.433 e. The van der Waals surface area contributed by atoms with E-state index in [2.05, 4.69) is 14.9 Å². The number of amides is 1. The molecule has 1 aromatic heterocycles. The molecule has 1 aromatic rings. The van der Waals surface area contributed by atoms with E-state index in [9.17, 15) is 18.0 Å². The van der Waals surface area contributed by atoms with Gasteiger partial charge < -0.3 is 9.80 Å². The second-order valence-corrected chi connectivity index (χ2v) is 6.46. The molecule has 2 saturated heterocycles. The third-order valence-corrected chi connectivity index (χ3v) is 4.71. The van der Waals surface area contributed by atoms with Gasteiger partial charge in [0.05, 0.1) is 6.54 Å². The lowest BCUT2D eigenvalue weighted by atomic mass is 10.1. The number of piperazine rings is 1. The van der Waals surface area contributed by atoms with Gasteiger partial charge in [-0.3, -0.25) is 9.69 Å². The molecule has 0 aliphatic carbocycles. The van der Waals surface area contributed by atoms with E-state index in [1.165, 1.54) is 6.42 Å². The minimum atomic E-state index is -4.47. The molecule has 0 N–H and O–H groups in total. The predicted molar refractivity (Wildman–Crippen MR) is 86.1 cm³/mol. The van der Waals surface area contributed by atoms with Crippen LogP contribution in [0, 0.1) is 0 Å². The van der Waals surface area contributed by atoms with Gasteiger partial charge in [-0.1, -0.05) is 0 Å². The topological polar surface area (TPSA) is 52.6 Å². The van der Waals surface area contributed by atoms with Crippen LogP contribution in [0.2, 0.25) is 0 Å². The number of carbonyl (C=O) groups excluding carboxylic acids is 1. The number of rotatable bonds is 3. The molecule has 1 amide bonds. The highest BCUT2D eigenvalue weighted by molar-refractivity contribution is 5.78. The molecule has 2 aliphatic rings. The molecule has 2 fully saturated rings. The van der Waals surface area contributed by atoms with Crippen LogP contribution in [0.25, 0.3) is 0 Å². The van der Waals surface area contributed by atoms with E-state index in [4.69, 9.17) is 0 Å². The Hall–Kier alpha value is -1.90. The monoisotopic (exact) mass is 357 g/mol. The molecule has 3 heterocycles. The number of alkyl halides is 3. The Morgan fingerprint density at radius 2 is 1.68 bits per heavy atom. The molecule has 2 aliphatic heterocycles. The van der Waals surface area contributed by atoms with Crippen molar-refractivity contribution in [2.45, 2.75) is 25.4 Å². The first kappa shape index (κ1) is 17.9. The Bertz CT molecular complexity index is 596. The summed E-state index contributed by atoms with van der Waals surface area (Å²) in [5, 5.41) is 0. The molecule has 3 rings (SSSR count). The van der Waals surface area contributed by atoms with Gasteiger partial charge >= 0.3 is 6.18 Å². The molecule has 0 saturated carbocycles. The van der Waals surface area contributed by atoms with Crippen molar-refractivity contribution in [3.63, 3.8) is 0 Å². The van der Waals surface area contributed by atoms with E-state index in [-0.39, 0.29) is 11.7 Å². The molecular formula is C16H22F3N5O. The first-order valence-electron chi connectivity index (χ1n) is 8.58. The average molecular weight is 357 g/mol. The van der Waals surface area contributed by atoms with Crippen molar-refractivity contribution in [3.8, 4) is 0 Å². The lowest BCUT2D eigenvalue weighted by Gasteiger charge is -2.36. The van der Waals surface area contributed by atoms with Gasteiger partial charge in [-0.15, -0.1) is 0 Å². The summed E-state index contributed by atoms with van der Waals surface area (Å²) >= 11 is 0. The fourth-order valence-corrected chi connectivity index (χ4v) is 3.24. The minimum absolute atomic E-state index is 0.148. The number of hydrogen-bond donors (Lipinski definition) is 0. The third-order valence-electron chi connectivity index (χ3n) is 4.71. The first-order valence-corrected chi connectivity index (χ1v) is 8.58. The number of piperidine rings is 1. The van der Waals surface area contributed by atoms with Crippen molar-refractivity contribution >= 4 is 11.7 Å². The normalized spacial score (nSPS) is 20.0. The molecule has 25 heavy (non-hydrogen) atoms. The van der Waals surface area contributed by atoms with Gasteiger partial charge in [0.2, 0.25) is 5.91 Å². The van der Waals surface area contributed by atoms with Crippen LogP contribution in [0.4, 0.5) is 19.0 Å². The van der Waals surface area contributed by atoms with Crippen LogP contribution in [0.15, 0.2) is 12.4 Å². The van der Waals surface area contributed by atoms with E-state index >= 15 is 0 Å². The first-order chi connectivity index (χ1) is 11.9. The van der Waals surface area contributed by atoms with E-state index < -0.39 is 11.9 Å². The van der Waals surface area contributed by atoms with E-state index in [0.29, 0.717) is 32.7 Å². The van der Waals surface area contributed by atoms with Gasteiger partial charge in [0.1, 0.15) is 17.8 Å². The maximum atomic E-state index is 12.8. The zero-order valence-corrected chi connectivity index (χ0v) is 14.0. The molecule has 0 bridgehead atoms. The second kappa shape index (κ2) is 7.55. The lowest BCUT2D eigenvalue weighted by Crippen LogP contribution is -2.51. The van der Waals surface area contributed by atoms with Crippen LogP contribution < -0.4 is 4.90 Å². The predicted octanol–water partition coefficient (Wildman–Crippen LogP) is 1.63. The number of likely N-dealkylation sites (tertiary alicyclic amines) is 1. The van der Waals surface area contributed by atoms with Crippen LogP contribution in [0.1, 0.15) is 25.0 Å². The fourth-order valence-electron chi connectivity index (χ4n) is 3.24. The maximum absolute atomic E-state index is 12.8. The van der Waals surface area contributed by atoms with Crippen molar-refractivity contribution in [2.24, 2.45) is 0 Å². The van der Waals surface area contributed by atoms with Gasteiger partial charge in [-0.05, 0) is 19.3 Å². The van der Waals surface area contributed by atoms with Crippen molar-refractivity contribution < 1.29 is 18.0 Å². The van der Waals surface area contributed by atoms with Crippen molar-refractivity contribution in [2.75, 3.05) is 50.7 Å². The van der Waals surface area contributed by atoms with Gasteiger partial charge in [-0.2, -0.15) is 13.2 Å². The Morgan fingerprint density at radius 1 is 1.00 bits per heavy atom. The van der Waals surface area contributed by atoms with E-state index in [1.807, 2.05) is 4.90 Å².